The van der Waals surface area contributed by atoms with Crippen LogP contribution in [0, 0.1) is 13.5 Å². The molecule has 0 aliphatic rings. The van der Waals surface area contributed by atoms with E-state index in [0.717, 1.165) is 55.4 Å². The number of rotatable bonds is 4. The summed E-state index contributed by atoms with van der Waals surface area (Å²) >= 11 is 0. The first-order valence-electron chi connectivity index (χ1n) is 14.3. The number of para-hydroxylation sites is 1. The number of fused-ring (bicyclic) bond motifs is 9. The highest BCUT2D eigenvalue weighted by Gasteiger charge is 2.17. The normalized spacial score (nSPS) is 11.8. The number of aromatic nitrogens is 5. The Bertz CT molecular complexity index is 2440. The highest BCUT2D eigenvalue weighted by Crippen LogP contribution is 2.39. The predicted molar refractivity (Wildman–Crippen MR) is 172 cm³/mol. The predicted octanol–water partition coefficient (Wildman–Crippen LogP) is 9.30. The molecule has 206 valence electrons. The van der Waals surface area contributed by atoms with E-state index >= 15 is 0 Å². The molecule has 8 rings (SSSR count). The van der Waals surface area contributed by atoms with Crippen LogP contribution in [-0.4, -0.2) is 24.1 Å². The van der Waals surface area contributed by atoms with Gasteiger partial charge in [0.05, 0.1) is 17.6 Å². The maximum absolute atomic E-state index is 7.79. The summed E-state index contributed by atoms with van der Waals surface area (Å²) in [6, 6.07) is 30.6. The third-order valence-corrected chi connectivity index (χ3v) is 8.25. The van der Waals surface area contributed by atoms with Crippen molar-refractivity contribution in [1.82, 2.24) is 24.1 Å². The molecule has 0 aliphatic heterocycles. The van der Waals surface area contributed by atoms with Crippen LogP contribution >= 0.6 is 0 Å². The molecule has 0 N–H and O–H groups in total. The monoisotopic (exact) mass is 558 g/mol. The van der Waals surface area contributed by atoms with E-state index in [4.69, 9.17) is 16.3 Å². The van der Waals surface area contributed by atoms with Crippen LogP contribution in [0.2, 0.25) is 0 Å². The molecule has 0 atom stereocenters. The maximum atomic E-state index is 7.79. The summed E-state index contributed by atoms with van der Waals surface area (Å²) < 4.78 is 10.7. The minimum atomic E-state index is 0.394. The lowest BCUT2D eigenvalue weighted by Crippen LogP contribution is -1.99. The average Bonchev–Trinajstić information content (AvgIpc) is 3.58. The number of ether oxygens (including phenoxy) is 1. The van der Waals surface area contributed by atoms with E-state index in [9.17, 15) is 0 Å². The van der Waals surface area contributed by atoms with Crippen molar-refractivity contribution in [3.63, 3.8) is 0 Å². The summed E-state index contributed by atoms with van der Waals surface area (Å²) in [5.41, 5.74) is 5.61. The summed E-state index contributed by atoms with van der Waals surface area (Å²) in [5, 5.41) is 13.9. The molecule has 0 saturated carbocycles. The number of nitrogens with zero attached hydrogens (tertiary/aromatic N) is 6. The van der Waals surface area contributed by atoms with Crippen LogP contribution in [0.4, 0.5) is 5.69 Å². The molecule has 8 aromatic rings. The van der Waals surface area contributed by atoms with Gasteiger partial charge in [0, 0.05) is 39.3 Å². The van der Waals surface area contributed by atoms with Crippen molar-refractivity contribution in [2.24, 2.45) is 0 Å². The van der Waals surface area contributed by atoms with Gasteiger partial charge in [-0.05, 0) is 72.3 Å². The van der Waals surface area contributed by atoms with Gasteiger partial charge in [0.15, 0.2) is 11.3 Å². The maximum Gasteiger partial charge on any atom is 0.197 e. The second-order valence-electron chi connectivity index (χ2n) is 11.1. The van der Waals surface area contributed by atoms with Crippen LogP contribution in [-0.2, 0) is 0 Å². The SMILES string of the molecule is [C-]#[N+]c1cccc2c1c1ccc(Oc3ccc4c5ccccc5n(-c5cc(C(C)C)ccn5)c4c3)cc1c1nnc(C)n21. The molecule has 7 heteroatoms. The van der Waals surface area contributed by atoms with Crippen LogP contribution < -0.4 is 4.74 Å². The second-order valence-corrected chi connectivity index (χ2v) is 11.1. The first-order chi connectivity index (χ1) is 21.0. The second kappa shape index (κ2) is 9.40. The van der Waals surface area contributed by atoms with Crippen molar-refractivity contribution < 1.29 is 4.74 Å². The Labute approximate surface area is 247 Å². The highest BCUT2D eigenvalue weighted by molar-refractivity contribution is 6.17. The van der Waals surface area contributed by atoms with Crippen LogP contribution in [0.15, 0.2) is 97.2 Å². The van der Waals surface area contributed by atoms with Gasteiger partial charge < -0.3 is 4.74 Å². The molecule has 0 amide bonds. The summed E-state index contributed by atoms with van der Waals surface area (Å²) in [4.78, 5) is 8.58. The molecule has 4 aromatic carbocycles. The molecule has 0 radical (unpaired) electrons. The Kier molecular flexibility index (Phi) is 5.47. The number of hydrogen-bond acceptors (Lipinski definition) is 4. The zero-order valence-corrected chi connectivity index (χ0v) is 23.9. The summed E-state index contributed by atoms with van der Waals surface area (Å²) in [6.45, 7) is 14.1. The average molecular weight is 559 g/mol. The number of benzene rings is 4. The minimum Gasteiger partial charge on any atom is -0.457 e. The van der Waals surface area contributed by atoms with Gasteiger partial charge in [-0.1, -0.05) is 50.2 Å². The van der Waals surface area contributed by atoms with Crippen molar-refractivity contribution in [1.29, 1.82) is 0 Å². The molecule has 4 aromatic heterocycles. The summed E-state index contributed by atoms with van der Waals surface area (Å²) in [6.07, 6.45) is 1.89. The molecule has 4 heterocycles. The molecule has 0 spiro atoms. The lowest BCUT2D eigenvalue weighted by molar-refractivity contribution is 0.484. The van der Waals surface area contributed by atoms with Gasteiger partial charge in [-0.2, -0.15) is 0 Å². The lowest BCUT2D eigenvalue weighted by atomic mass is 10.0. The van der Waals surface area contributed by atoms with Crippen molar-refractivity contribution >= 4 is 54.8 Å². The topological polar surface area (TPSA) is 61.6 Å². The first-order valence-corrected chi connectivity index (χ1v) is 14.3. The highest BCUT2D eigenvalue weighted by atomic mass is 16.5. The Morgan fingerprint density at radius 3 is 2.35 bits per heavy atom. The fourth-order valence-electron chi connectivity index (χ4n) is 6.21. The minimum absolute atomic E-state index is 0.394. The van der Waals surface area contributed by atoms with Crippen molar-refractivity contribution in [3.8, 4) is 17.3 Å². The zero-order chi connectivity index (χ0) is 29.2. The van der Waals surface area contributed by atoms with Crippen LogP contribution in [0.25, 0.3) is 59.8 Å². The lowest BCUT2D eigenvalue weighted by Gasteiger charge is -2.13. The van der Waals surface area contributed by atoms with E-state index in [1.165, 1.54) is 10.9 Å². The van der Waals surface area contributed by atoms with E-state index in [2.05, 4.69) is 82.0 Å². The zero-order valence-electron chi connectivity index (χ0n) is 23.9. The Hall–Kier alpha value is -5.74. The van der Waals surface area contributed by atoms with E-state index in [0.29, 0.717) is 23.1 Å². The van der Waals surface area contributed by atoms with Crippen molar-refractivity contribution in [3.05, 3.63) is 120 Å². The third-order valence-electron chi connectivity index (χ3n) is 8.25. The summed E-state index contributed by atoms with van der Waals surface area (Å²) in [7, 11) is 0. The Morgan fingerprint density at radius 2 is 1.51 bits per heavy atom. The van der Waals surface area contributed by atoms with Crippen molar-refractivity contribution in [2.75, 3.05) is 0 Å². The van der Waals surface area contributed by atoms with Gasteiger partial charge in [-0.15, -0.1) is 10.2 Å². The van der Waals surface area contributed by atoms with Gasteiger partial charge in [0.25, 0.3) is 0 Å². The smallest absolute Gasteiger partial charge is 0.197 e. The van der Waals surface area contributed by atoms with Gasteiger partial charge in [0.1, 0.15) is 23.1 Å². The molecule has 0 aliphatic carbocycles. The van der Waals surface area contributed by atoms with Crippen LogP contribution in [0.5, 0.6) is 11.5 Å². The Balaban J connectivity index is 1.31. The first kappa shape index (κ1) is 25.0. The molecular weight excluding hydrogens is 532 g/mol. The quantitative estimate of drug-likeness (QED) is 0.160. The van der Waals surface area contributed by atoms with Crippen molar-refractivity contribution in [2.45, 2.75) is 26.7 Å². The standard InChI is InChI=1S/C36H26N6O/c1-21(2)23-16-17-38-34(18-23)42-31-10-6-5-8-26(31)27-14-12-25(20-33(27)42)43-24-13-15-28-29(19-24)36-40-39-22(3)41(36)32-11-7-9-30(37-4)35(28)32/h5-21H,1-3H3. The fourth-order valence-corrected chi connectivity index (χ4v) is 6.21. The van der Waals surface area contributed by atoms with Gasteiger partial charge in [-0.3, -0.25) is 8.97 Å². The van der Waals surface area contributed by atoms with E-state index in [-0.39, 0.29) is 0 Å². The number of aryl methyl sites for hydroxylation is 1. The van der Waals surface area contributed by atoms with Gasteiger partial charge in [0.2, 0.25) is 0 Å². The molecule has 0 unspecified atom stereocenters. The molecule has 0 fully saturated rings. The van der Waals surface area contributed by atoms with Gasteiger partial charge >= 0.3 is 0 Å². The van der Waals surface area contributed by atoms with Crippen LogP contribution in [0.3, 0.4) is 0 Å². The molecule has 7 nitrogen and oxygen atoms in total. The van der Waals surface area contributed by atoms with E-state index in [1.807, 2.05) is 60.0 Å². The van der Waals surface area contributed by atoms with E-state index in [1.54, 1.807) is 0 Å². The molecule has 43 heavy (non-hydrogen) atoms. The number of pyridine rings is 2. The third kappa shape index (κ3) is 3.77. The molecule has 0 bridgehead atoms. The van der Waals surface area contributed by atoms with Gasteiger partial charge in [-0.25, -0.2) is 9.83 Å². The summed E-state index contributed by atoms with van der Waals surface area (Å²) in [5.74, 6) is 3.44. The van der Waals surface area contributed by atoms with Crippen LogP contribution in [0.1, 0.15) is 31.2 Å². The Morgan fingerprint density at radius 1 is 0.744 bits per heavy atom. The molecule has 0 saturated heterocycles. The van der Waals surface area contributed by atoms with E-state index < -0.39 is 0 Å². The largest absolute Gasteiger partial charge is 0.457 e. The fraction of sp³-hybridized carbons (Fsp3) is 0.111. The molecular formula is C36H26N6O. The number of hydrogen-bond donors (Lipinski definition) is 0.